The highest BCUT2D eigenvalue weighted by molar-refractivity contribution is 6.17. The number of rotatable bonds is 5. The zero-order chi connectivity index (χ0) is 24.9. The van der Waals surface area contributed by atoms with Gasteiger partial charge in [-0.05, 0) is 46.5 Å². The Morgan fingerprint density at radius 3 is 1.81 bits per heavy atom. The molecule has 2 fully saturated rings. The first-order valence-electron chi connectivity index (χ1n) is 13.3. The summed E-state index contributed by atoms with van der Waals surface area (Å²) in [6.07, 6.45) is 0. The molecular formula is C33H33N2O2+. The molecule has 4 aromatic rings. The summed E-state index contributed by atoms with van der Waals surface area (Å²) < 4.78 is 14.1. The van der Waals surface area contributed by atoms with Gasteiger partial charge in [-0.25, -0.2) is 4.58 Å². The molecule has 186 valence electrons. The maximum atomic E-state index is 5.78. The lowest BCUT2D eigenvalue weighted by Gasteiger charge is -2.32. The molecule has 0 amide bonds. The Morgan fingerprint density at radius 1 is 0.595 bits per heavy atom. The van der Waals surface area contributed by atoms with Crippen LogP contribution in [0, 0.1) is 0 Å². The predicted octanol–water partition coefficient (Wildman–Crippen LogP) is 5.74. The van der Waals surface area contributed by atoms with E-state index in [0.29, 0.717) is 0 Å². The molecule has 0 spiro atoms. The van der Waals surface area contributed by atoms with Crippen LogP contribution in [0.2, 0.25) is 0 Å². The lowest BCUT2D eigenvalue weighted by Crippen LogP contribution is -2.39. The minimum atomic E-state index is 0.742. The van der Waals surface area contributed by atoms with E-state index in [1.165, 1.54) is 44.8 Å². The average Bonchev–Trinajstić information content (AvgIpc) is 3.00. The van der Waals surface area contributed by atoms with Gasteiger partial charge < -0.3 is 14.4 Å². The van der Waals surface area contributed by atoms with E-state index in [9.17, 15) is 0 Å². The molecule has 4 aromatic carbocycles. The predicted molar refractivity (Wildman–Crippen MR) is 151 cm³/mol. The zero-order valence-electron chi connectivity index (χ0n) is 21.2. The second-order valence-corrected chi connectivity index (χ2v) is 9.56. The Morgan fingerprint density at radius 2 is 1.16 bits per heavy atom. The summed E-state index contributed by atoms with van der Waals surface area (Å²) in [6, 6.07) is 37.2. The molecule has 0 atom stereocenters. The van der Waals surface area contributed by atoms with E-state index in [0.717, 1.165) is 52.6 Å². The summed E-state index contributed by atoms with van der Waals surface area (Å²) in [5, 5.41) is 0. The molecule has 2 aliphatic rings. The lowest BCUT2D eigenvalue weighted by atomic mass is 9.87. The van der Waals surface area contributed by atoms with Gasteiger partial charge in [0, 0.05) is 18.7 Å². The normalized spacial score (nSPS) is 16.0. The van der Waals surface area contributed by atoms with Gasteiger partial charge in [0.1, 0.15) is 13.2 Å². The van der Waals surface area contributed by atoms with Crippen molar-refractivity contribution in [3.05, 3.63) is 114 Å². The zero-order valence-corrected chi connectivity index (χ0v) is 21.2. The van der Waals surface area contributed by atoms with E-state index in [4.69, 9.17) is 9.47 Å². The SMILES string of the molecule is c1ccc(C(c2c(-c3ccccc3)cc(-c3ccccc3)cc2N2CCOCC2)=[N+]2CCOCC2)cc1. The van der Waals surface area contributed by atoms with Crippen molar-refractivity contribution in [3.63, 3.8) is 0 Å². The third-order valence-electron chi connectivity index (χ3n) is 7.27. The van der Waals surface area contributed by atoms with Gasteiger partial charge in [0.15, 0.2) is 13.1 Å². The second kappa shape index (κ2) is 11.1. The fourth-order valence-corrected chi connectivity index (χ4v) is 5.44. The minimum Gasteiger partial charge on any atom is -0.378 e. The number of morpholine rings is 2. The van der Waals surface area contributed by atoms with Crippen molar-refractivity contribution in [1.29, 1.82) is 0 Å². The first-order valence-corrected chi connectivity index (χ1v) is 13.3. The standard InChI is InChI=1S/C33H33N2O2/c1-4-10-26(11-5-1)29-24-30(27-12-6-2-7-13-27)32(31(25-29)34-16-20-36-21-17-34)33(28-14-8-3-9-15-28)35-18-22-37-23-19-35/h1-15,24-25H,16-23H2/q+1. The van der Waals surface area contributed by atoms with Gasteiger partial charge in [-0.15, -0.1) is 0 Å². The Bertz CT molecular complexity index is 1350. The van der Waals surface area contributed by atoms with Crippen molar-refractivity contribution in [1.82, 2.24) is 0 Å². The number of ether oxygens (including phenoxy) is 2. The molecule has 2 heterocycles. The van der Waals surface area contributed by atoms with Gasteiger partial charge >= 0.3 is 0 Å². The quantitative estimate of drug-likeness (QED) is 0.334. The fourth-order valence-electron chi connectivity index (χ4n) is 5.44. The molecule has 37 heavy (non-hydrogen) atoms. The lowest BCUT2D eigenvalue weighted by molar-refractivity contribution is -0.548. The number of hydrogen-bond acceptors (Lipinski definition) is 3. The van der Waals surface area contributed by atoms with Crippen LogP contribution in [0.3, 0.4) is 0 Å². The maximum absolute atomic E-state index is 5.78. The number of benzene rings is 4. The summed E-state index contributed by atoms with van der Waals surface area (Å²) >= 11 is 0. The molecule has 0 unspecified atom stereocenters. The van der Waals surface area contributed by atoms with Crippen LogP contribution in [0.5, 0.6) is 0 Å². The summed E-state index contributed by atoms with van der Waals surface area (Å²) in [5.74, 6) is 0. The number of anilines is 1. The van der Waals surface area contributed by atoms with Crippen LogP contribution in [0.1, 0.15) is 11.1 Å². The molecule has 0 radical (unpaired) electrons. The first kappa shape index (κ1) is 23.7. The van der Waals surface area contributed by atoms with Crippen LogP contribution in [0.15, 0.2) is 103 Å². The van der Waals surface area contributed by atoms with Gasteiger partial charge in [0.25, 0.3) is 0 Å². The van der Waals surface area contributed by atoms with Crippen LogP contribution in [0.25, 0.3) is 22.3 Å². The van der Waals surface area contributed by atoms with Crippen molar-refractivity contribution in [2.24, 2.45) is 0 Å². The summed E-state index contributed by atoms with van der Waals surface area (Å²) in [4.78, 5) is 2.51. The van der Waals surface area contributed by atoms with Crippen LogP contribution in [-0.4, -0.2) is 62.9 Å². The molecule has 6 rings (SSSR count). The highest BCUT2D eigenvalue weighted by atomic mass is 16.5. The molecule has 2 saturated heterocycles. The Balaban J connectivity index is 1.68. The van der Waals surface area contributed by atoms with E-state index in [1.807, 2.05) is 0 Å². The molecule has 2 aliphatic heterocycles. The molecule has 0 aliphatic carbocycles. The van der Waals surface area contributed by atoms with E-state index in [-0.39, 0.29) is 0 Å². The van der Waals surface area contributed by atoms with Crippen molar-refractivity contribution >= 4 is 11.4 Å². The first-order chi connectivity index (χ1) is 18.4. The van der Waals surface area contributed by atoms with E-state index in [1.54, 1.807) is 0 Å². The van der Waals surface area contributed by atoms with E-state index in [2.05, 4.69) is 113 Å². The molecule has 0 bridgehead atoms. The highest BCUT2D eigenvalue weighted by Gasteiger charge is 2.30. The van der Waals surface area contributed by atoms with Crippen molar-refractivity contribution in [2.75, 3.05) is 57.5 Å². The van der Waals surface area contributed by atoms with Gasteiger partial charge in [-0.2, -0.15) is 0 Å². The maximum Gasteiger partial charge on any atom is 0.217 e. The van der Waals surface area contributed by atoms with Gasteiger partial charge in [-0.1, -0.05) is 78.9 Å². The van der Waals surface area contributed by atoms with Crippen LogP contribution < -0.4 is 4.90 Å². The average molecular weight is 490 g/mol. The monoisotopic (exact) mass is 489 g/mol. The molecule has 4 nitrogen and oxygen atoms in total. The summed E-state index contributed by atoms with van der Waals surface area (Å²) in [6.45, 7) is 6.48. The van der Waals surface area contributed by atoms with Crippen molar-refractivity contribution in [3.8, 4) is 22.3 Å². The third-order valence-corrected chi connectivity index (χ3v) is 7.27. The van der Waals surface area contributed by atoms with Gasteiger partial charge in [-0.3, -0.25) is 0 Å². The van der Waals surface area contributed by atoms with Gasteiger partial charge in [0.2, 0.25) is 5.71 Å². The van der Waals surface area contributed by atoms with Gasteiger partial charge in [0.05, 0.1) is 24.5 Å². The van der Waals surface area contributed by atoms with Crippen LogP contribution in [-0.2, 0) is 9.47 Å². The smallest absolute Gasteiger partial charge is 0.217 e. The fraction of sp³-hybridized carbons (Fsp3) is 0.242. The van der Waals surface area contributed by atoms with Crippen LogP contribution >= 0.6 is 0 Å². The topological polar surface area (TPSA) is 24.7 Å². The van der Waals surface area contributed by atoms with Crippen LogP contribution in [0.4, 0.5) is 5.69 Å². The summed E-state index contributed by atoms with van der Waals surface area (Å²) in [5.41, 5.74) is 10.0. The van der Waals surface area contributed by atoms with Crippen molar-refractivity contribution < 1.29 is 14.0 Å². The molecular weight excluding hydrogens is 456 g/mol. The third kappa shape index (κ3) is 5.08. The highest BCUT2D eigenvalue weighted by Crippen LogP contribution is 2.39. The molecule has 0 N–H and O–H groups in total. The van der Waals surface area contributed by atoms with E-state index < -0.39 is 0 Å². The summed E-state index contributed by atoms with van der Waals surface area (Å²) in [7, 11) is 0. The Hall–Kier alpha value is -3.73. The number of hydrogen-bond donors (Lipinski definition) is 0. The molecule has 0 aromatic heterocycles. The molecule has 0 saturated carbocycles. The number of nitrogens with zero attached hydrogens (tertiary/aromatic N) is 2. The second-order valence-electron chi connectivity index (χ2n) is 9.56. The Kier molecular flexibility index (Phi) is 7.11. The Labute approximate surface area is 219 Å². The molecule has 4 heteroatoms. The minimum absolute atomic E-state index is 0.742. The van der Waals surface area contributed by atoms with E-state index >= 15 is 0 Å². The van der Waals surface area contributed by atoms with Crippen molar-refractivity contribution in [2.45, 2.75) is 0 Å². The largest absolute Gasteiger partial charge is 0.378 e.